The third-order valence-corrected chi connectivity index (χ3v) is 3.09. The minimum absolute atomic E-state index is 0.173. The van der Waals surface area contributed by atoms with Crippen LogP contribution in [0.25, 0.3) is 0 Å². The van der Waals surface area contributed by atoms with Gasteiger partial charge in [0.05, 0.1) is 11.6 Å². The van der Waals surface area contributed by atoms with Gasteiger partial charge < -0.3 is 14.7 Å². The number of nitrogens with zero attached hydrogens (tertiary/aromatic N) is 1. The molecule has 0 radical (unpaired) electrons. The van der Waals surface area contributed by atoms with E-state index in [2.05, 4.69) is 0 Å². The number of carbonyl (C=O) groups excluding carboxylic acids is 1. The van der Waals surface area contributed by atoms with Gasteiger partial charge in [-0.3, -0.25) is 9.59 Å². The largest absolute Gasteiger partial charge is 0.481 e. The molecule has 0 spiro atoms. The number of amides is 1. The Hall–Kier alpha value is -2.04. The molecule has 5 nitrogen and oxygen atoms in total. The third kappa shape index (κ3) is 2.16. The van der Waals surface area contributed by atoms with E-state index in [1.807, 2.05) is 12.1 Å². The lowest BCUT2D eigenvalue weighted by molar-refractivity contribution is -0.142. The number of anilines is 1. The number of carboxylic acids is 1. The molecule has 0 aliphatic carbocycles. The maximum absolute atomic E-state index is 12.1. The van der Waals surface area contributed by atoms with Crippen LogP contribution in [0.1, 0.15) is 13.3 Å². The van der Waals surface area contributed by atoms with E-state index in [1.54, 1.807) is 26.1 Å². The maximum Gasteiger partial charge on any atom is 0.306 e. The molecule has 1 aromatic carbocycles. The molecule has 2 unspecified atom stereocenters. The second kappa shape index (κ2) is 4.68. The Kier molecular flexibility index (Phi) is 3.23. The minimum Gasteiger partial charge on any atom is -0.481 e. The van der Waals surface area contributed by atoms with Crippen LogP contribution in [-0.4, -0.2) is 30.1 Å². The van der Waals surface area contributed by atoms with Crippen molar-refractivity contribution in [2.75, 3.05) is 11.9 Å². The van der Waals surface area contributed by atoms with Crippen LogP contribution in [0.5, 0.6) is 5.75 Å². The summed E-state index contributed by atoms with van der Waals surface area (Å²) in [6.07, 6.45) is -0.552. The Morgan fingerprint density at radius 1 is 1.50 bits per heavy atom. The predicted octanol–water partition coefficient (Wildman–Crippen LogP) is 1.52. The van der Waals surface area contributed by atoms with Crippen LogP contribution in [0.4, 0.5) is 5.69 Å². The van der Waals surface area contributed by atoms with Crippen molar-refractivity contribution >= 4 is 17.6 Å². The van der Waals surface area contributed by atoms with Crippen molar-refractivity contribution < 1.29 is 19.4 Å². The van der Waals surface area contributed by atoms with E-state index in [1.165, 1.54) is 4.90 Å². The summed E-state index contributed by atoms with van der Waals surface area (Å²) < 4.78 is 5.58. The van der Waals surface area contributed by atoms with Crippen LogP contribution in [0, 0.1) is 5.92 Å². The summed E-state index contributed by atoms with van der Waals surface area (Å²) >= 11 is 0. The van der Waals surface area contributed by atoms with Crippen LogP contribution in [0.2, 0.25) is 0 Å². The smallest absolute Gasteiger partial charge is 0.306 e. The van der Waals surface area contributed by atoms with Gasteiger partial charge >= 0.3 is 5.97 Å². The van der Waals surface area contributed by atoms with Gasteiger partial charge in [0.25, 0.3) is 5.91 Å². The van der Waals surface area contributed by atoms with Crippen LogP contribution >= 0.6 is 0 Å². The van der Waals surface area contributed by atoms with E-state index in [0.717, 1.165) is 0 Å². The highest BCUT2D eigenvalue weighted by Crippen LogP contribution is 2.33. The van der Waals surface area contributed by atoms with Gasteiger partial charge in [-0.05, 0) is 12.1 Å². The van der Waals surface area contributed by atoms with Crippen molar-refractivity contribution in [2.45, 2.75) is 19.4 Å². The molecule has 2 atom stereocenters. The summed E-state index contributed by atoms with van der Waals surface area (Å²) in [6, 6.07) is 7.22. The molecule has 1 aliphatic heterocycles. The first-order valence-corrected chi connectivity index (χ1v) is 5.76. The second-order valence-electron chi connectivity index (χ2n) is 4.45. The van der Waals surface area contributed by atoms with Crippen molar-refractivity contribution in [1.82, 2.24) is 0 Å². The monoisotopic (exact) mass is 249 g/mol. The van der Waals surface area contributed by atoms with Gasteiger partial charge in [-0.2, -0.15) is 0 Å². The molecule has 5 heteroatoms. The van der Waals surface area contributed by atoms with Crippen molar-refractivity contribution in [2.24, 2.45) is 5.92 Å². The Morgan fingerprint density at radius 3 is 2.83 bits per heavy atom. The molecule has 1 heterocycles. The van der Waals surface area contributed by atoms with Gasteiger partial charge in [-0.1, -0.05) is 19.1 Å². The van der Waals surface area contributed by atoms with E-state index >= 15 is 0 Å². The number of carboxylic acid groups (broad SMARTS) is 1. The summed E-state index contributed by atoms with van der Waals surface area (Å²) in [7, 11) is 1.67. The van der Waals surface area contributed by atoms with Gasteiger partial charge in [0.15, 0.2) is 6.10 Å². The number of para-hydroxylation sites is 2. The third-order valence-electron chi connectivity index (χ3n) is 3.09. The molecule has 1 aliphatic rings. The zero-order valence-electron chi connectivity index (χ0n) is 10.3. The van der Waals surface area contributed by atoms with Crippen molar-refractivity contribution in [3.05, 3.63) is 24.3 Å². The van der Waals surface area contributed by atoms with E-state index in [0.29, 0.717) is 11.4 Å². The topological polar surface area (TPSA) is 66.8 Å². The molecule has 0 aromatic heterocycles. The molecule has 0 saturated heterocycles. The highest BCUT2D eigenvalue weighted by atomic mass is 16.5. The first kappa shape index (κ1) is 12.4. The average Bonchev–Trinajstić information content (AvgIpc) is 2.35. The van der Waals surface area contributed by atoms with Gasteiger partial charge in [-0.15, -0.1) is 0 Å². The summed E-state index contributed by atoms with van der Waals surface area (Å²) in [5, 5.41) is 8.88. The lowest BCUT2D eigenvalue weighted by Gasteiger charge is -2.32. The highest BCUT2D eigenvalue weighted by molar-refractivity contribution is 5.99. The fraction of sp³-hybridized carbons (Fsp3) is 0.385. The highest BCUT2D eigenvalue weighted by Gasteiger charge is 2.34. The quantitative estimate of drug-likeness (QED) is 0.882. The lowest BCUT2D eigenvalue weighted by atomic mass is 10.0. The van der Waals surface area contributed by atoms with E-state index in [4.69, 9.17) is 9.84 Å². The SMILES string of the molecule is CC(CC1Oc2ccccc2N(C)C1=O)C(=O)O. The second-order valence-corrected chi connectivity index (χ2v) is 4.45. The van der Waals surface area contributed by atoms with E-state index in [-0.39, 0.29) is 12.3 Å². The summed E-state index contributed by atoms with van der Waals surface area (Å²) in [5.41, 5.74) is 0.710. The van der Waals surface area contributed by atoms with Crippen molar-refractivity contribution in [3.8, 4) is 5.75 Å². The Balaban J connectivity index is 2.22. The number of likely N-dealkylation sites (N-methyl/N-ethyl adjacent to an activating group) is 1. The number of rotatable bonds is 3. The van der Waals surface area contributed by atoms with Crippen molar-refractivity contribution in [1.29, 1.82) is 0 Å². The number of ether oxygens (including phenoxy) is 1. The Morgan fingerprint density at radius 2 is 2.17 bits per heavy atom. The van der Waals surface area contributed by atoms with Crippen LogP contribution in [0.3, 0.4) is 0 Å². The molecule has 2 rings (SSSR count). The molecule has 1 amide bonds. The first-order valence-electron chi connectivity index (χ1n) is 5.76. The average molecular weight is 249 g/mol. The zero-order valence-corrected chi connectivity index (χ0v) is 10.3. The van der Waals surface area contributed by atoms with Gasteiger partial charge in [-0.25, -0.2) is 0 Å². The Labute approximate surface area is 105 Å². The number of carbonyl (C=O) groups is 2. The molecular weight excluding hydrogens is 234 g/mol. The molecule has 0 fully saturated rings. The van der Waals surface area contributed by atoms with Crippen LogP contribution in [0.15, 0.2) is 24.3 Å². The molecule has 1 N–H and O–H groups in total. The fourth-order valence-electron chi connectivity index (χ4n) is 1.94. The summed E-state index contributed by atoms with van der Waals surface area (Å²) in [5.74, 6) is -1.13. The maximum atomic E-state index is 12.1. The molecular formula is C13H15NO4. The van der Waals surface area contributed by atoms with Crippen LogP contribution in [-0.2, 0) is 9.59 Å². The normalized spacial score (nSPS) is 20.0. The number of hydrogen-bond donors (Lipinski definition) is 1. The lowest BCUT2D eigenvalue weighted by Crippen LogP contribution is -2.45. The molecule has 18 heavy (non-hydrogen) atoms. The van der Waals surface area contributed by atoms with Gasteiger partial charge in [0.1, 0.15) is 5.75 Å². The number of hydrogen-bond acceptors (Lipinski definition) is 3. The molecule has 1 aromatic rings. The number of benzene rings is 1. The number of aliphatic carboxylic acids is 1. The molecule has 0 saturated carbocycles. The molecule has 96 valence electrons. The number of fused-ring (bicyclic) bond motifs is 1. The van der Waals surface area contributed by atoms with E-state index < -0.39 is 18.0 Å². The predicted molar refractivity (Wildman–Crippen MR) is 65.7 cm³/mol. The van der Waals surface area contributed by atoms with E-state index in [9.17, 15) is 9.59 Å². The summed E-state index contributed by atoms with van der Waals surface area (Å²) in [6.45, 7) is 1.57. The van der Waals surface area contributed by atoms with Crippen molar-refractivity contribution in [3.63, 3.8) is 0 Å². The summed E-state index contributed by atoms with van der Waals surface area (Å²) in [4.78, 5) is 24.4. The van der Waals surface area contributed by atoms with Gasteiger partial charge in [0, 0.05) is 13.5 Å². The first-order chi connectivity index (χ1) is 8.50. The zero-order chi connectivity index (χ0) is 13.3. The molecule has 0 bridgehead atoms. The van der Waals surface area contributed by atoms with Gasteiger partial charge in [0.2, 0.25) is 0 Å². The van der Waals surface area contributed by atoms with Crippen LogP contribution < -0.4 is 9.64 Å². The standard InChI is InChI=1S/C13H15NO4/c1-8(13(16)17)7-11-12(15)14(2)9-5-3-4-6-10(9)18-11/h3-6,8,11H,7H2,1-2H3,(H,16,17). The minimum atomic E-state index is -0.923. The fourth-order valence-corrected chi connectivity index (χ4v) is 1.94. The Bertz CT molecular complexity index is 486.